The average molecular weight is 489 g/mol. The highest BCUT2D eigenvalue weighted by atomic mass is 127. The number of hydrogen-bond acceptors (Lipinski definition) is 4. The number of nitrogens with zero attached hydrogens (tertiary/aromatic N) is 3. The van der Waals surface area contributed by atoms with E-state index in [0.29, 0.717) is 29.9 Å². The number of hydrogen-bond donors (Lipinski definition) is 3. The summed E-state index contributed by atoms with van der Waals surface area (Å²) in [5, 5.41) is 9.52. The standard InChI is InChI=1S/C17H21ClN6O.HI/c1-2-20-17(21-9-7-13-5-6-15(18)22-10-13)23-12-16(25)24-14-4-3-8-19-11-14;/h3-6,8,10-11H,2,7,9,12H2,1H3,(H,24,25)(H2,20,21,23);1H. The zero-order valence-corrected chi connectivity index (χ0v) is 17.5. The molecule has 7 nitrogen and oxygen atoms in total. The molecule has 0 aliphatic heterocycles. The molecule has 26 heavy (non-hydrogen) atoms. The number of pyridine rings is 2. The molecule has 0 aliphatic rings. The van der Waals surface area contributed by atoms with Crippen molar-refractivity contribution in [2.45, 2.75) is 13.3 Å². The van der Waals surface area contributed by atoms with Crippen LogP contribution in [0.5, 0.6) is 0 Å². The van der Waals surface area contributed by atoms with Crippen LogP contribution in [-0.2, 0) is 11.2 Å². The number of anilines is 1. The van der Waals surface area contributed by atoms with Gasteiger partial charge in [-0.3, -0.25) is 9.78 Å². The number of amides is 1. The Morgan fingerprint density at radius 3 is 2.73 bits per heavy atom. The Hall–Kier alpha value is -1.94. The van der Waals surface area contributed by atoms with Crippen LogP contribution in [0.2, 0.25) is 5.15 Å². The Labute approximate surface area is 175 Å². The van der Waals surface area contributed by atoms with Gasteiger partial charge in [0.05, 0.1) is 11.9 Å². The molecular weight excluding hydrogens is 467 g/mol. The summed E-state index contributed by atoms with van der Waals surface area (Å²) in [6, 6.07) is 7.23. The van der Waals surface area contributed by atoms with E-state index in [1.54, 1.807) is 36.8 Å². The van der Waals surface area contributed by atoms with E-state index >= 15 is 0 Å². The predicted molar refractivity (Wildman–Crippen MR) is 115 cm³/mol. The SMILES string of the molecule is CCNC(=NCC(=O)Nc1cccnc1)NCCc1ccc(Cl)nc1.I. The smallest absolute Gasteiger partial charge is 0.246 e. The summed E-state index contributed by atoms with van der Waals surface area (Å²) in [6.45, 7) is 3.36. The fourth-order valence-corrected chi connectivity index (χ4v) is 2.12. The van der Waals surface area contributed by atoms with Crippen molar-refractivity contribution >= 4 is 53.1 Å². The number of rotatable bonds is 7. The van der Waals surface area contributed by atoms with Crippen molar-refractivity contribution in [1.29, 1.82) is 0 Å². The van der Waals surface area contributed by atoms with Crippen LogP contribution in [-0.4, -0.2) is 41.5 Å². The molecule has 0 radical (unpaired) electrons. The molecule has 2 aromatic heterocycles. The normalized spacial score (nSPS) is 10.6. The molecule has 0 atom stereocenters. The highest BCUT2D eigenvalue weighted by Gasteiger charge is 2.03. The van der Waals surface area contributed by atoms with E-state index in [9.17, 15) is 4.79 Å². The van der Waals surface area contributed by atoms with Gasteiger partial charge in [-0.15, -0.1) is 24.0 Å². The maximum atomic E-state index is 11.9. The Morgan fingerprint density at radius 2 is 2.08 bits per heavy atom. The first-order chi connectivity index (χ1) is 12.2. The molecule has 0 bridgehead atoms. The van der Waals surface area contributed by atoms with Crippen molar-refractivity contribution < 1.29 is 4.79 Å². The molecule has 0 saturated carbocycles. The first-order valence-electron chi connectivity index (χ1n) is 8.00. The quantitative estimate of drug-likeness (QED) is 0.241. The zero-order valence-electron chi connectivity index (χ0n) is 14.4. The van der Waals surface area contributed by atoms with Gasteiger partial charge in [0.1, 0.15) is 11.7 Å². The molecule has 9 heteroatoms. The van der Waals surface area contributed by atoms with Crippen molar-refractivity contribution in [3.8, 4) is 0 Å². The highest BCUT2D eigenvalue weighted by molar-refractivity contribution is 14.0. The minimum atomic E-state index is -0.202. The molecule has 0 saturated heterocycles. The summed E-state index contributed by atoms with van der Waals surface area (Å²) >= 11 is 5.77. The number of aliphatic imine (C=N–C) groups is 1. The molecule has 140 valence electrons. The summed E-state index contributed by atoms with van der Waals surface area (Å²) in [5.41, 5.74) is 1.72. The van der Waals surface area contributed by atoms with E-state index in [-0.39, 0.29) is 36.4 Å². The van der Waals surface area contributed by atoms with E-state index in [1.807, 2.05) is 13.0 Å². The van der Waals surface area contributed by atoms with Gasteiger partial charge in [0.25, 0.3) is 0 Å². The van der Waals surface area contributed by atoms with E-state index in [1.165, 1.54) is 0 Å². The number of aromatic nitrogens is 2. The lowest BCUT2D eigenvalue weighted by atomic mass is 10.2. The second-order valence-corrected chi connectivity index (χ2v) is 5.54. The topological polar surface area (TPSA) is 91.3 Å². The van der Waals surface area contributed by atoms with Gasteiger partial charge in [-0.1, -0.05) is 17.7 Å². The summed E-state index contributed by atoms with van der Waals surface area (Å²) in [4.78, 5) is 24.2. The van der Waals surface area contributed by atoms with Gasteiger partial charge < -0.3 is 16.0 Å². The second-order valence-electron chi connectivity index (χ2n) is 5.15. The zero-order chi connectivity index (χ0) is 17.9. The fraction of sp³-hybridized carbons (Fsp3) is 0.294. The molecule has 0 aromatic carbocycles. The third-order valence-corrected chi connectivity index (χ3v) is 3.39. The Bertz CT molecular complexity index is 696. The van der Waals surface area contributed by atoms with Crippen LogP contribution in [0, 0.1) is 0 Å². The molecule has 0 fully saturated rings. The predicted octanol–water partition coefficient (Wildman–Crippen LogP) is 2.48. The largest absolute Gasteiger partial charge is 0.357 e. The lowest BCUT2D eigenvalue weighted by Gasteiger charge is -2.11. The molecule has 3 N–H and O–H groups in total. The number of carbonyl (C=O) groups excluding carboxylic acids is 1. The average Bonchev–Trinajstić information content (AvgIpc) is 2.62. The maximum Gasteiger partial charge on any atom is 0.246 e. The molecule has 2 aromatic rings. The maximum absolute atomic E-state index is 11.9. The monoisotopic (exact) mass is 488 g/mol. The van der Waals surface area contributed by atoms with E-state index in [0.717, 1.165) is 12.0 Å². The first-order valence-corrected chi connectivity index (χ1v) is 8.37. The number of carbonyl (C=O) groups is 1. The Morgan fingerprint density at radius 1 is 1.23 bits per heavy atom. The lowest BCUT2D eigenvalue weighted by Crippen LogP contribution is -2.39. The summed E-state index contributed by atoms with van der Waals surface area (Å²) in [6.07, 6.45) is 5.76. The van der Waals surface area contributed by atoms with Crippen molar-refractivity contribution in [3.63, 3.8) is 0 Å². The van der Waals surface area contributed by atoms with Crippen molar-refractivity contribution in [1.82, 2.24) is 20.6 Å². The van der Waals surface area contributed by atoms with E-state index in [4.69, 9.17) is 11.6 Å². The first kappa shape index (κ1) is 22.1. The molecule has 2 rings (SSSR count). The molecule has 0 unspecified atom stereocenters. The molecular formula is C17H22ClIN6O. The molecule has 0 spiro atoms. The number of nitrogens with one attached hydrogen (secondary N) is 3. The number of guanidine groups is 1. The van der Waals surface area contributed by atoms with Crippen LogP contribution in [0.4, 0.5) is 5.69 Å². The highest BCUT2D eigenvalue weighted by Crippen LogP contribution is 2.05. The van der Waals surface area contributed by atoms with Gasteiger partial charge in [-0.25, -0.2) is 9.98 Å². The van der Waals surface area contributed by atoms with Crippen molar-refractivity contribution in [2.24, 2.45) is 4.99 Å². The van der Waals surface area contributed by atoms with Crippen LogP contribution >= 0.6 is 35.6 Å². The van der Waals surface area contributed by atoms with Crippen LogP contribution in [0.15, 0.2) is 47.8 Å². The van der Waals surface area contributed by atoms with Crippen LogP contribution in [0.25, 0.3) is 0 Å². The van der Waals surface area contributed by atoms with Gasteiger partial charge in [-0.2, -0.15) is 0 Å². The third kappa shape index (κ3) is 8.43. The summed E-state index contributed by atoms with van der Waals surface area (Å²) < 4.78 is 0. The second kappa shape index (κ2) is 12.4. The number of halogens is 2. The minimum Gasteiger partial charge on any atom is -0.357 e. The minimum absolute atomic E-state index is 0. The summed E-state index contributed by atoms with van der Waals surface area (Å²) in [5.74, 6) is 0.387. The Balaban J connectivity index is 0.00000338. The van der Waals surface area contributed by atoms with Gasteiger partial charge in [-0.05, 0) is 37.1 Å². The van der Waals surface area contributed by atoms with Crippen molar-refractivity contribution in [3.05, 3.63) is 53.6 Å². The van der Waals surface area contributed by atoms with Crippen molar-refractivity contribution in [2.75, 3.05) is 25.0 Å². The molecule has 2 heterocycles. The molecule has 1 amide bonds. The van der Waals surface area contributed by atoms with E-state index < -0.39 is 0 Å². The Kier molecular flexibility index (Phi) is 10.6. The van der Waals surface area contributed by atoms with Crippen LogP contribution < -0.4 is 16.0 Å². The van der Waals surface area contributed by atoms with Gasteiger partial charge in [0.15, 0.2) is 5.96 Å². The third-order valence-electron chi connectivity index (χ3n) is 3.17. The van der Waals surface area contributed by atoms with Gasteiger partial charge in [0, 0.05) is 25.5 Å². The summed E-state index contributed by atoms with van der Waals surface area (Å²) in [7, 11) is 0. The van der Waals surface area contributed by atoms with Gasteiger partial charge >= 0.3 is 0 Å². The van der Waals surface area contributed by atoms with Crippen LogP contribution in [0.1, 0.15) is 12.5 Å². The lowest BCUT2D eigenvalue weighted by molar-refractivity contribution is -0.114. The molecule has 0 aliphatic carbocycles. The van der Waals surface area contributed by atoms with Crippen LogP contribution in [0.3, 0.4) is 0 Å². The van der Waals surface area contributed by atoms with Gasteiger partial charge in [0.2, 0.25) is 5.91 Å². The fourth-order valence-electron chi connectivity index (χ4n) is 2.01. The van der Waals surface area contributed by atoms with E-state index in [2.05, 4.69) is 30.9 Å².